The molecule has 2 amide bonds. The van der Waals surface area contributed by atoms with Crippen LogP contribution in [0.4, 0.5) is 0 Å². The molecule has 0 saturated carbocycles. The lowest BCUT2D eigenvalue weighted by Crippen LogP contribution is -2.51. The van der Waals surface area contributed by atoms with E-state index >= 15 is 0 Å². The largest absolute Gasteiger partial charge is 0.382 e. The van der Waals surface area contributed by atoms with E-state index in [0.29, 0.717) is 37.7 Å². The van der Waals surface area contributed by atoms with Crippen molar-refractivity contribution in [1.29, 1.82) is 0 Å². The third-order valence-electron chi connectivity index (χ3n) is 5.70. The average Bonchev–Trinajstić information content (AvgIpc) is 2.88. The molecule has 1 atom stereocenters. The summed E-state index contributed by atoms with van der Waals surface area (Å²) < 4.78 is 5.39. The van der Waals surface area contributed by atoms with Gasteiger partial charge in [0.2, 0.25) is 11.8 Å². The number of ether oxygens (including phenoxy) is 1. The van der Waals surface area contributed by atoms with Crippen molar-refractivity contribution in [1.82, 2.24) is 10.2 Å². The molecule has 0 aliphatic carbocycles. The number of nitrogens with zero attached hydrogens (tertiary/aromatic N) is 1. The third kappa shape index (κ3) is 8.85. The van der Waals surface area contributed by atoms with Crippen LogP contribution in [0.15, 0.2) is 84.9 Å². The summed E-state index contributed by atoms with van der Waals surface area (Å²) >= 11 is 6.02. The van der Waals surface area contributed by atoms with Gasteiger partial charge in [0.25, 0.3) is 0 Å². The molecule has 0 radical (unpaired) electrons. The maximum Gasteiger partial charge on any atom is 0.243 e. The molecule has 6 heteroatoms. The lowest BCUT2D eigenvalue weighted by Gasteiger charge is -2.31. The molecule has 1 unspecified atom stereocenters. The van der Waals surface area contributed by atoms with Gasteiger partial charge in [0.15, 0.2) is 0 Å². The minimum absolute atomic E-state index is 0.110. The molecule has 3 aromatic rings. The highest BCUT2D eigenvalue weighted by molar-refractivity contribution is 6.30. The Morgan fingerprint density at radius 2 is 1.51 bits per heavy atom. The molecule has 3 rings (SSSR count). The van der Waals surface area contributed by atoms with Gasteiger partial charge in [-0.1, -0.05) is 84.4 Å². The first kappa shape index (κ1) is 26.5. The smallest absolute Gasteiger partial charge is 0.243 e. The number of benzene rings is 3. The molecule has 5 nitrogen and oxygen atoms in total. The second-order valence-corrected chi connectivity index (χ2v) is 8.79. The van der Waals surface area contributed by atoms with E-state index in [-0.39, 0.29) is 18.2 Å². The van der Waals surface area contributed by atoms with Crippen molar-refractivity contribution in [3.05, 3.63) is 107 Å². The van der Waals surface area contributed by atoms with Gasteiger partial charge in [-0.2, -0.15) is 0 Å². The quantitative estimate of drug-likeness (QED) is 0.339. The zero-order valence-electron chi connectivity index (χ0n) is 20.2. The first-order valence-electron chi connectivity index (χ1n) is 12.0. The van der Waals surface area contributed by atoms with Crippen molar-refractivity contribution in [2.45, 2.75) is 38.8 Å². The number of nitrogens with one attached hydrogen (secondary N) is 1. The molecule has 0 bridgehead atoms. The van der Waals surface area contributed by atoms with Crippen LogP contribution in [-0.4, -0.2) is 42.5 Å². The number of halogens is 1. The Bertz CT molecular complexity index is 1040. The number of carbonyl (C=O) groups is 2. The fourth-order valence-corrected chi connectivity index (χ4v) is 3.99. The molecular weight excluding hydrogens is 460 g/mol. The summed E-state index contributed by atoms with van der Waals surface area (Å²) in [6, 6.07) is 26.2. The summed E-state index contributed by atoms with van der Waals surface area (Å²) in [6.45, 7) is 4.02. The van der Waals surface area contributed by atoms with Crippen LogP contribution in [0.1, 0.15) is 30.0 Å². The molecule has 0 aliphatic rings. The second kappa shape index (κ2) is 14.3. The Morgan fingerprint density at radius 3 is 2.14 bits per heavy atom. The van der Waals surface area contributed by atoms with Crippen molar-refractivity contribution < 1.29 is 14.3 Å². The SMILES string of the molecule is CCOCCCNC(=O)C(Cc1ccccc1)N(Cc1ccccc1)C(=O)Cc1ccc(Cl)cc1. The second-order valence-electron chi connectivity index (χ2n) is 8.36. The molecule has 1 N–H and O–H groups in total. The van der Waals surface area contributed by atoms with Gasteiger partial charge in [0.05, 0.1) is 6.42 Å². The van der Waals surface area contributed by atoms with Crippen LogP contribution in [-0.2, 0) is 33.7 Å². The van der Waals surface area contributed by atoms with Crippen LogP contribution >= 0.6 is 11.6 Å². The maximum absolute atomic E-state index is 13.6. The van der Waals surface area contributed by atoms with Crippen LogP contribution in [0.5, 0.6) is 0 Å². The van der Waals surface area contributed by atoms with Gasteiger partial charge in [0, 0.05) is 37.7 Å². The first-order chi connectivity index (χ1) is 17.1. The zero-order chi connectivity index (χ0) is 24.9. The van der Waals surface area contributed by atoms with Gasteiger partial charge in [0.1, 0.15) is 6.04 Å². The van der Waals surface area contributed by atoms with Crippen LogP contribution < -0.4 is 5.32 Å². The van der Waals surface area contributed by atoms with Gasteiger partial charge >= 0.3 is 0 Å². The van der Waals surface area contributed by atoms with Gasteiger partial charge in [-0.25, -0.2) is 0 Å². The average molecular weight is 493 g/mol. The van der Waals surface area contributed by atoms with E-state index in [1.165, 1.54) is 0 Å². The van der Waals surface area contributed by atoms with Gasteiger partial charge in [-0.05, 0) is 42.2 Å². The lowest BCUT2D eigenvalue weighted by molar-refractivity contribution is -0.140. The van der Waals surface area contributed by atoms with E-state index in [1.54, 1.807) is 17.0 Å². The normalized spacial score (nSPS) is 11.6. The zero-order valence-corrected chi connectivity index (χ0v) is 20.9. The number of amides is 2. The number of hydrogen-bond acceptors (Lipinski definition) is 3. The molecule has 0 fully saturated rings. The van der Waals surface area contributed by atoms with Gasteiger partial charge in [-0.3, -0.25) is 9.59 Å². The number of carbonyl (C=O) groups excluding carboxylic acids is 2. The predicted molar refractivity (Wildman–Crippen MR) is 140 cm³/mol. The van der Waals surface area contributed by atoms with E-state index in [9.17, 15) is 9.59 Å². The van der Waals surface area contributed by atoms with Gasteiger partial charge in [-0.15, -0.1) is 0 Å². The molecule has 0 spiro atoms. The van der Waals surface area contributed by atoms with Gasteiger partial charge < -0.3 is 15.0 Å². The molecule has 0 saturated heterocycles. The predicted octanol–water partition coefficient (Wildman–Crippen LogP) is 5.07. The Morgan fingerprint density at radius 1 is 0.886 bits per heavy atom. The molecule has 184 valence electrons. The summed E-state index contributed by atoms with van der Waals surface area (Å²) in [7, 11) is 0. The van der Waals surface area contributed by atoms with E-state index in [1.807, 2.05) is 79.7 Å². The molecule has 35 heavy (non-hydrogen) atoms. The Kier molecular flexibility index (Phi) is 10.8. The summed E-state index contributed by atoms with van der Waals surface area (Å²) in [5, 5.41) is 3.65. The molecular formula is C29H33ClN2O3. The molecule has 0 aromatic heterocycles. The highest BCUT2D eigenvalue weighted by atomic mass is 35.5. The van der Waals surface area contributed by atoms with Crippen LogP contribution in [0.25, 0.3) is 0 Å². The van der Waals surface area contributed by atoms with Crippen molar-refractivity contribution in [2.75, 3.05) is 19.8 Å². The fraction of sp³-hybridized carbons (Fsp3) is 0.310. The highest BCUT2D eigenvalue weighted by Gasteiger charge is 2.30. The fourth-order valence-electron chi connectivity index (χ4n) is 3.86. The van der Waals surface area contributed by atoms with E-state index in [0.717, 1.165) is 23.1 Å². The summed E-state index contributed by atoms with van der Waals surface area (Å²) in [5.74, 6) is -0.271. The van der Waals surface area contributed by atoms with E-state index in [2.05, 4.69) is 5.32 Å². The lowest BCUT2D eigenvalue weighted by atomic mass is 10.0. The Hall–Kier alpha value is -3.15. The van der Waals surface area contributed by atoms with Crippen molar-refractivity contribution in [3.63, 3.8) is 0 Å². The molecule has 0 heterocycles. The molecule has 0 aliphatic heterocycles. The molecule has 3 aromatic carbocycles. The highest BCUT2D eigenvalue weighted by Crippen LogP contribution is 2.17. The summed E-state index contributed by atoms with van der Waals surface area (Å²) in [6.07, 6.45) is 1.33. The van der Waals surface area contributed by atoms with Crippen LogP contribution in [0.2, 0.25) is 5.02 Å². The number of hydrogen-bond donors (Lipinski definition) is 1. The number of rotatable bonds is 13. The van der Waals surface area contributed by atoms with E-state index in [4.69, 9.17) is 16.3 Å². The van der Waals surface area contributed by atoms with Crippen molar-refractivity contribution >= 4 is 23.4 Å². The van der Waals surface area contributed by atoms with Crippen molar-refractivity contribution in [2.24, 2.45) is 0 Å². The topological polar surface area (TPSA) is 58.6 Å². The third-order valence-corrected chi connectivity index (χ3v) is 5.96. The van der Waals surface area contributed by atoms with Crippen molar-refractivity contribution in [3.8, 4) is 0 Å². The standard InChI is InChI=1S/C29H33ClN2O3/c1-2-35-19-9-18-31-29(34)27(20-23-10-5-3-6-11-23)32(22-25-12-7-4-8-13-25)28(33)21-24-14-16-26(30)17-15-24/h3-8,10-17,27H,2,9,18-22H2,1H3,(H,31,34). The first-order valence-corrected chi connectivity index (χ1v) is 12.4. The Balaban J connectivity index is 1.86. The van der Waals surface area contributed by atoms with Crippen LogP contribution in [0.3, 0.4) is 0 Å². The van der Waals surface area contributed by atoms with Crippen LogP contribution in [0, 0.1) is 0 Å². The minimum Gasteiger partial charge on any atom is -0.382 e. The van der Waals surface area contributed by atoms with E-state index < -0.39 is 6.04 Å². The minimum atomic E-state index is -0.649. The maximum atomic E-state index is 13.6. The summed E-state index contributed by atoms with van der Waals surface area (Å²) in [4.78, 5) is 28.8. The monoisotopic (exact) mass is 492 g/mol. The Labute approximate surface area is 213 Å². The summed E-state index contributed by atoms with van der Waals surface area (Å²) in [5.41, 5.74) is 2.83.